The fraction of sp³-hybridized carbons (Fsp3) is 0.500. The lowest BCUT2D eigenvalue weighted by Crippen LogP contribution is -2.45. The van der Waals surface area contributed by atoms with Crippen LogP contribution in [0.5, 0.6) is 0 Å². The van der Waals surface area contributed by atoms with Crippen LogP contribution in [0.4, 0.5) is 13.2 Å². The van der Waals surface area contributed by atoms with Gasteiger partial charge in [-0.2, -0.15) is 18.4 Å². The van der Waals surface area contributed by atoms with Gasteiger partial charge in [0.1, 0.15) is 0 Å². The first kappa shape index (κ1) is 14.8. The van der Waals surface area contributed by atoms with Crippen molar-refractivity contribution >= 4 is 0 Å². The fourth-order valence-corrected chi connectivity index (χ4v) is 2.56. The summed E-state index contributed by atoms with van der Waals surface area (Å²) in [6, 6.07) is 7.05. The first-order valence-corrected chi connectivity index (χ1v) is 6.52. The van der Waals surface area contributed by atoms with Gasteiger partial charge in [-0.15, -0.1) is 0 Å². The van der Waals surface area contributed by atoms with Crippen molar-refractivity contribution in [3.63, 3.8) is 0 Å². The van der Waals surface area contributed by atoms with Crippen LogP contribution in [0.3, 0.4) is 0 Å². The van der Waals surface area contributed by atoms with Crippen molar-refractivity contribution in [2.45, 2.75) is 18.6 Å². The maximum absolute atomic E-state index is 13.1. The van der Waals surface area contributed by atoms with Crippen molar-refractivity contribution in [2.75, 3.05) is 26.2 Å². The second kappa shape index (κ2) is 6.25. The predicted octanol–water partition coefficient (Wildman–Crippen LogP) is 2.57. The number of nitrogens with one attached hydrogen (secondary N) is 1. The minimum Gasteiger partial charge on any atom is -0.314 e. The van der Waals surface area contributed by atoms with Gasteiger partial charge in [-0.25, -0.2) is 0 Å². The molecule has 2 rings (SSSR count). The molecule has 1 fully saturated rings. The van der Waals surface area contributed by atoms with E-state index in [9.17, 15) is 13.2 Å². The Morgan fingerprint density at radius 3 is 2.50 bits per heavy atom. The first-order valence-electron chi connectivity index (χ1n) is 6.52. The van der Waals surface area contributed by atoms with Crippen molar-refractivity contribution in [2.24, 2.45) is 0 Å². The van der Waals surface area contributed by atoms with Crippen molar-refractivity contribution in [1.29, 1.82) is 5.26 Å². The highest BCUT2D eigenvalue weighted by atomic mass is 19.4. The number of alkyl halides is 3. The Morgan fingerprint density at radius 1 is 1.25 bits per heavy atom. The number of hydrogen-bond donors (Lipinski definition) is 1. The normalized spacial score (nSPS) is 18.5. The topological polar surface area (TPSA) is 39.1 Å². The average Bonchev–Trinajstić information content (AvgIpc) is 2.45. The van der Waals surface area contributed by atoms with Gasteiger partial charge in [0.2, 0.25) is 0 Å². The molecular weight excluding hydrogens is 267 g/mol. The number of halogens is 3. The molecule has 0 aromatic heterocycles. The van der Waals surface area contributed by atoms with Gasteiger partial charge < -0.3 is 5.32 Å². The number of benzene rings is 1. The summed E-state index contributed by atoms with van der Waals surface area (Å²) < 4.78 is 39.3. The quantitative estimate of drug-likeness (QED) is 0.926. The Kier molecular flexibility index (Phi) is 4.63. The van der Waals surface area contributed by atoms with Crippen molar-refractivity contribution in [3.8, 4) is 6.07 Å². The highest BCUT2D eigenvalue weighted by molar-refractivity contribution is 5.33. The van der Waals surface area contributed by atoms with E-state index in [2.05, 4.69) is 5.32 Å². The Hall–Kier alpha value is -1.58. The van der Waals surface area contributed by atoms with Gasteiger partial charge in [0, 0.05) is 32.2 Å². The molecule has 6 heteroatoms. The number of nitrogens with zero attached hydrogens (tertiary/aromatic N) is 2. The molecule has 1 N–H and O–H groups in total. The van der Waals surface area contributed by atoms with Gasteiger partial charge in [0.25, 0.3) is 0 Å². The molecule has 0 saturated carbocycles. The molecule has 3 nitrogen and oxygen atoms in total. The standard InChI is InChI=1S/C14H16F3N3/c15-14(16,17)12-4-2-1-3-11(12)13(5-6-18)20-9-7-19-8-10-20/h1-4,13,19H,5,7-10H2/t13-/m0/s1. The molecule has 20 heavy (non-hydrogen) atoms. The summed E-state index contributed by atoms with van der Waals surface area (Å²) in [5, 5.41) is 12.1. The number of nitriles is 1. The lowest BCUT2D eigenvalue weighted by atomic mass is 9.96. The van der Waals surface area contributed by atoms with Gasteiger partial charge in [-0.05, 0) is 11.6 Å². The summed E-state index contributed by atoms with van der Waals surface area (Å²) in [5.41, 5.74) is -0.442. The molecular formula is C14H16F3N3. The predicted molar refractivity (Wildman–Crippen MR) is 68.9 cm³/mol. The second-order valence-electron chi connectivity index (χ2n) is 4.75. The third-order valence-electron chi connectivity index (χ3n) is 3.50. The van der Waals surface area contributed by atoms with Gasteiger partial charge in [0.05, 0.1) is 18.1 Å². The molecule has 1 atom stereocenters. The number of hydrogen-bond acceptors (Lipinski definition) is 3. The van der Waals surface area contributed by atoms with Crippen LogP contribution in [-0.4, -0.2) is 31.1 Å². The number of rotatable bonds is 3. The van der Waals surface area contributed by atoms with Crippen molar-refractivity contribution < 1.29 is 13.2 Å². The van der Waals surface area contributed by atoms with E-state index in [0.717, 1.165) is 19.2 Å². The van der Waals surface area contributed by atoms with E-state index in [1.165, 1.54) is 12.1 Å². The highest BCUT2D eigenvalue weighted by Crippen LogP contribution is 2.37. The minimum absolute atomic E-state index is 0.0626. The van der Waals surface area contributed by atoms with Gasteiger partial charge in [-0.3, -0.25) is 4.90 Å². The molecule has 1 aromatic carbocycles. The molecule has 1 heterocycles. The maximum atomic E-state index is 13.1. The van der Waals surface area contributed by atoms with Crippen molar-refractivity contribution in [3.05, 3.63) is 35.4 Å². The molecule has 1 saturated heterocycles. The van der Waals surface area contributed by atoms with E-state index in [-0.39, 0.29) is 12.0 Å². The summed E-state index contributed by atoms with van der Waals surface area (Å²) in [6.07, 6.45) is -4.33. The molecule has 0 radical (unpaired) electrons. The second-order valence-corrected chi connectivity index (χ2v) is 4.75. The monoisotopic (exact) mass is 283 g/mol. The Labute approximate surface area is 116 Å². The smallest absolute Gasteiger partial charge is 0.314 e. The van der Waals surface area contributed by atoms with Crippen LogP contribution in [-0.2, 0) is 6.18 Å². The third kappa shape index (κ3) is 3.30. The Balaban J connectivity index is 2.36. The maximum Gasteiger partial charge on any atom is 0.416 e. The van der Waals surface area contributed by atoms with Crippen LogP contribution in [0, 0.1) is 11.3 Å². The van der Waals surface area contributed by atoms with Gasteiger partial charge in [0.15, 0.2) is 0 Å². The Bertz CT molecular complexity index is 487. The van der Waals surface area contributed by atoms with Crippen molar-refractivity contribution in [1.82, 2.24) is 10.2 Å². The van der Waals surface area contributed by atoms with Crippen LogP contribution in [0.2, 0.25) is 0 Å². The zero-order chi connectivity index (χ0) is 14.6. The fourth-order valence-electron chi connectivity index (χ4n) is 2.56. The molecule has 1 aromatic rings. The van der Waals surface area contributed by atoms with Crippen LogP contribution in [0.15, 0.2) is 24.3 Å². The third-order valence-corrected chi connectivity index (χ3v) is 3.50. The van der Waals surface area contributed by atoms with Gasteiger partial charge in [-0.1, -0.05) is 18.2 Å². The van der Waals surface area contributed by atoms with Crippen LogP contribution < -0.4 is 5.32 Å². The zero-order valence-corrected chi connectivity index (χ0v) is 11.0. The van der Waals surface area contributed by atoms with E-state index >= 15 is 0 Å². The summed E-state index contributed by atoms with van der Waals surface area (Å²) in [4.78, 5) is 1.95. The molecule has 0 amide bonds. The summed E-state index contributed by atoms with van der Waals surface area (Å²) in [7, 11) is 0. The summed E-state index contributed by atoms with van der Waals surface area (Å²) in [5.74, 6) is 0. The summed E-state index contributed by atoms with van der Waals surface area (Å²) in [6.45, 7) is 2.77. The molecule has 0 bridgehead atoms. The summed E-state index contributed by atoms with van der Waals surface area (Å²) >= 11 is 0. The Morgan fingerprint density at radius 2 is 1.90 bits per heavy atom. The average molecular weight is 283 g/mol. The number of piperazine rings is 1. The van der Waals surface area contributed by atoms with E-state index in [1.54, 1.807) is 6.07 Å². The lowest BCUT2D eigenvalue weighted by Gasteiger charge is -2.35. The van der Waals surface area contributed by atoms with Crippen LogP contribution in [0.1, 0.15) is 23.6 Å². The van der Waals surface area contributed by atoms with E-state index in [0.29, 0.717) is 13.1 Å². The molecule has 1 aliphatic rings. The highest BCUT2D eigenvalue weighted by Gasteiger charge is 2.36. The van der Waals surface area contributed by atoms with Crippen LogP contribution >= 0.6 is 0 Å². The molecule has 0 aliphatic carbocycles. The molecule has 0 spiro atoms. The molecule has 1 aliphatic heterocycles. The van der Waals surface area contributed by atoms with Gasteiger partial charge >= 0.3 is 6.18 Å². The van der Waals surface area contributed by atoms with E-state index in [1.807, 2.05) is 11.0 Å². The minimum atomic E-state index is -4.39. The largest absolute Gasteiger partial charge is 0.416 e. The van der Waals surface area contributed by atoms with E-state index in [4.69, 9.17) is 5.26 Å². The van der Waals surface area contributed by atoms with E-state index < -0.39 is 17.8 Å². The molecule has 108 valence electrons. The SMILES string of the molecule is N#CC[C@@H](c1ccccc1C(F)(F)F)N1CCNCC1. The lowest BCUT2D eigenvalue weighted by molar-refractivity contribution is -0.138. The first-order chi connectivity index (χ1) is 9.54. The zero-order valence-electron chi connectivity index (χ0n) is 11.0. The van der Waals surface area contributed by atoms with Crippen LogP contribution in [0.25, 0.3) is 0 Å². The molecule has 0 unspecified atom stereocenters.